The molecule has 0 radical (unpaired) electrons. The molecule has 0 aliphatic heterocycles. The van der Waals surface area contributed by atoms with Crippen molar-refractivity contribution in [2.75, 3.05) is 13.2 Å². The van der Waals surface area contributed by atoms with E-state index in [1.165, 1.54) is 0 Å². The summed E-state index contributed by atoms with van der Waals surface area (Å²) >= 11 is 0. The van der Waals surface area contributed by atoms with E-state index in [0.29, 0.717) is 23.0 Å². The fourth-order valence-electron chi connectivity index (χ4n) is 3.33. The maximum atomic E-state index is 11.2. The lowest BCUT2D eigenvalue weighted by atomic mass is 10.1. The van der Waals surface area contributed by atoms with Crippen LogP contribution >= 0.6 is 0 Å². The number of para-hydroxylation sites is 1. The first-order valence-corrected chi connectivity index (χ1v) is 11.1. The smallest absolute Gasteiger partial charge is 0.330 e. The summed E-state index contributed by atoms with van der Waals surface area (Å²) in [6.07, 6.45) is 1.08. The third-order valence-corrected chi connectivity index (χ3v) is 5.25. The Balaban J connectivity index is 1.73. The van der Waals surface area contributed by atoms with Crippen molar-refractivity contribution >= 4 is 5.97 Å². The second kappa shape index (κ2) is 10.6. The molecule has 0 fully saturated rings. The van der Waals surface area contributed by atoms with Gasteiger partial charge < -0.3 is 14.6 Å². The Morgan fingerprint density at radius 2 is 1.37 bits per heavy atom. The third kappa shape index (κ3) is 5.70. The van der Waals surface area contributed by atoms with Crippen LogP contribution in [-0.2, 0) is 9.53 Å². The van der Waals surface area contributed by atoms with Crippen LogP contribution in [0.1, 0.15) is 11.1 Å². The Hall–Kier alpha value is -4.52. The molecular formula is C28H25N3O4. The maximum Gasteiger partial charge on any atom is 0.330 e. The first kappa shape index (κ1) is 23.6. The highest BCUT2D eigenvalue weighted by Gasteiger charge is 2.17. The molecule has 1 N–H and O–H groups in total. The lowest BCUT2D eigenvalue weighted by Crippen LogP contribution is -2.10. The number of hydrogen-bond acceptors (Lipinski definition) is 7. The Labute approximate surface area is 203 Å². The summed E-state index contributed by atoms with van der Waals surface area (Å²) in [7, 11) is 0. The number of carbonyl (C=O) groups is 1. The normalized spacial score (nSPS) is 10.6. The van der Waals surface area contributed by atoms with Crippen LogP contribution in [0.5, 0.6) is 11.5 Å². The van der Waals surface area contributed by atoms with Crippen LogP contribution < -0.4 is 4.74 Å². The zero-order valence-electron chi connectivity index (χ0n) is 19.6. The predicted octanol–water partition coefficient (Wildman–Crippen LogP) is 5.30. The van der Waals surface area contributed by atoms with Gasteiger partial charge in [0.15, 0.2) is 29.0 Å². The van der Waals surface area contributed by atoms with E-state index in [-0.39, 0.29) is 24.7 Å². The Bertz CT molecular complexity index is 1290. The maximum absolute atomic E-state index is 11.2. The molecule has 1 aromatic heterocycles. The summed E-state index contributed by atoms with van der Waals surface area (Å²) in [5, 5.41) is 10.9. The van der Waals surface area contributed by atoms with Gasteiger partial charge in [0.05, 0.1) is 5.56 Å². The van der Waals surface area contributed by atoms with Crippen LogP contribution in [0, 0.1) is 13.8 Å². The molecule has 1 heterocycles. The van der Waals surface area contributed by atoms with Crippen molar-refractivity contribution in [2.24, 2.45) is 0 Å². The van der Waals surface area contributed by atoms with Crippen LogP contribution in [0.25, 0.3) is 34.2 Å². The molecule has 176 valence electrons. The zero-order valence-corrected chi connectivity index (χ0v) is 19.6. The van der Waals surface area contributed by atoms with E-state index in [2.05, 4.69) is 16.5 Å². The van der Waals surface area contributed by atoms with Crippen molar-refractivity contribution in [1.29, 1.82) is 0 Å². The first-order valence-electron chi connectivity index (χ1n) is 11.1. The summed E-state index contributed by atoms with van der Waals surface area (Å²) in [4.78, 5) is 25.2. The number of benzene rings is 3. The second-order valence-electron chi connectivity index (χ2n) is 7.91. The van der Waals surface area contributed by atoms with Gasteiger partial charge in [-0.2, -0.15) is 0 Å². The summed E-state index contributed by atoms with van der Waals surface area (Å²) in [5.74, 6) is 0.876. The molecule has 0 atom stereocenters. The third-order valence-electron chi connectivity index (χ3n) is 5.25. The fraction of sp³-hybridized carbons (Fsp3) is 0.143. The molecule has 0 amide bonds. The summed E-state index contributed by atoms with van der Waals surface area (Å²) in [6.45, 7) is 7.47. The first-order chi connectivity index (χ1) is 16.9. The molecule has 7 nitrogen and oxygen atoms in total. The van der Waals surface area contributed by atoms with Gasteiger partial charge in [-0.25, -0.2) is 19.7 Å². The number of aromatic nitrogens is 3. The molecule has 0 saturated heterocycles. The number of aromatic hydroxyl groups is 1. The average molecular weight is 468 g/mol. The lowest BCUT2D eigenvalue weighted by molar-refractivity contribution is -0.138. The van der Waals surface area contributed by atoms with Gasteiger partial charge in [-0.05, 0) is 26.0 Å². The minimum Gasteiger partial charge on any atom is -0.504 e. The zero-order chi connectivity index (χ0) is 24.8. The molecule has 0 unspecified atom stereocenters. The molecule has 0 bridgehead atoms. The lowest BCUT2D eigenvalue weighted by Gasteiger charge is -2.12. The molecule has 4 aromatic rings. The summed E-state index contributed by atoms with van der Waals surface area (Å²) in [5.41, 5.74) is 4.33. The Morgan fingerprint density at radius 3 is 1.91 bits per heavy atom. The summed E-state index contributed by atoms with van der Waals surface area (Å²) < 4.78 is 10.5. The molecule has 3 aromatic carbocycles. The van der Waals surface area contributed by atoms with Gasteiger partial charge in [-0.1, -0.05) is 72.3 Å². The van der Waals surface area contributed by atoms with Crippen molar-refractivity contribution in [3.63, 3.8) is 0 Å². The van der Waals surface area contributed by atoms with Gasteiger partial charge in [0.1, 0.15) is 13.2 Å². The standard InChI is InChI=1S/C28H25N3O4/c1-4-24(32)35-17-16-34-23-7-5-6-22(25(23)33)28-30-26(20-12-8-18(2)9-13-20)29-27(31-28)21-14-10-19(3)11-15-21/h4-15,33H,1,16-17H2,2-3H3. The largest absolute Gasteiger partial charge is 0.504 e. The van der Waals surface area contributed by atoms with Crippen LogP contribution in [0.4, 0.5) is 0 Å². The quantitative estimate of drug-likeness (QED) is 0.213. The number of esters is 1. The van der Waals surface area contributed by atoms with E-state index in [0.717, 1.165) is 28.3 Å². The number of phenols is 1. The predicted molar refractivity (Wildman–Crippen MR) is 134 cm³/mol. The number of rotatable bonds is 8. The van der Waals surface area contributed by atoms with Gasteiger partial charge >= 0.3 is 5.97 Å². The monoisotopic (exact) mass is 467 g/mol. The minimum absolute atomic E-state index is 0.0232. The van der Waals surface area contributed by atoms with Gasteiger partial charge in [0.2, 0.25) is 0 Å². The number of aryl methyl sites for hydroxylation is 2. The van der Waals surface area contributed by atoms with Crippen LogP contribution in [0.3, 0.4) is 0 Å². The van der Waals surface area contributed by atoms with Crippen molar-refractivity contribution in [3.8, 4) is 45.7 Å². The molecule has 0 saturated carbocycles. The topological polar surface area (TPSA) is 94.4 Å². The highest BCUT2D eigenvalue weighted by Crippen LogP contribution is 2.36. The van der Waals surface area contributed by atoms with E-state index >= 15 is 0 Å². The van der Waals surface area contributed by atoms with Gasteiger partial charge in [0.25, 0.3) is 0 Å². The number of phenolic OH excluding ortho intramolecular Hbond substituents is 1. The van der Waals surface area contributed by atoms with Crippen molar-refractivity contribution in [3.05, 3.63) is 90.5 Å². The van der Waals surface area contributed by atoms with Crippen molar-refractivity contribution < 1.29 is 19.4 Å². The molecule has 7 heteroatoms. The van der Waals surface area contributed by atoms with Crippen molar-refractivity contribution in [1.82, 2.24) is 15.0 Å². The number of nitrogens with zero attached hydrogens (tertiary/aromatic N) is 3. The van der Waals surface area contributed by atoms with Crippen LogP contribution in [0.2, 0.25) is 0 Å². The Kier molecular flexibility index (Phi) is 7.16. The highest BCUT2D eigenvalue weighted by molar-refractivity contribution is 5.81. The Morgan fingerprint density at radius 1 is 0.829 bits per heavy atom. The summed E-state index contributed by atoms with van der Waals surface area (Å²) in [6, 6.07) is 20.9. The SMILES string of the molecule is C=CC(=O)OCCOc1cccc(-c2nc(-c3ccc(C)cc3)nc(-c3ccc(C)cc3)n2)c1O. The highest BCUT2D eigenvalue weighted by atomic mass is 16.6. The molecule has 0 aliphatic carbocycles. The van der Waals surface area contributed by atoms with E-state index in [4.69, 9.17) is 14.5 Å². The average Bonchev–Trinajstić information content (AvgIpc) is 2.88. The molecular weight excluding hydrogens is 442 g/mol. The molecule has 0 spiro atoms. The van der Waals surface area contributed by atoms with Gasteiger partial charge in [0, 0.05) is 17.2 Å². The number of carbonyl (C=O) groups excluding carboxylic acids is 1. The van der Waals surface area contributed by atoms with Gasteiger partial charge in [-0.15, -0.1) is 0 Å². The second-order valence-corrected chi connectivity index (χ2v) is 7.91. The number of hydrogen-bond donors (Lipinski definition) is 1. The van der Waals surface area contributed by atoms with Crippen molar-refractivity contribution in [2.45, 2.75) is 13.8 Å². The van der Waals surface area contributed by atoms with E-state index in [9.17, 15) is 9.90 Å². The van der Waals surface area contributed by atoms with E-state index in [1.807, 2.05) is 62.4 Å². The van der Waals surface area contributed by atoms with Gasteiger partial charge in [-0.3, -0.25) is 0 Å². The van der Waals surface area contributed by atoms with Crippen LogP contribution in [0.15, 0.2) is 79.4 Å². The minimum atomic E-state index is -0.538. The fourth-order valence-corrected chi connectivity index (χ4v) is 3.33. The molecule has 0 aliphatic rings. The van der Waals surface area contributed by atoms with Crippen LogP contribution in [-0.4, -0.2) is 39.2 Å². The van der Waals surface area contributed by atoms with E-state index < -0.39 is 5.97 Å². The number of ether oxygens (including phenoxy) is 2. The van der Waals surface area contributed by atoms with E-state index in [1.54, 1.807) is 18.2 Å². The molecule has 4 rings (SSSR count). The molecule has 35 heavy (non-hydrogen) atoms.